The molecule has 0 fully saturated rings. The SMILES string of the molecule is Cc1ccc(Nc2cc(C(=O)NCCN(C)C)nc(C)n2)c(Br)c1. The molecule has 0 spiro atoms. The molecule has 0 aliphatic rings. The molecule has 2 aromatic rings. The average molecular weight is 392 g/mol. The number of nitrogens with one attached hydrogen (secondary N) is 2. The van der Waals surface area contributed by atoms with Crippen LogP contribution in [0.1, 0.15) is 21.9 Å². The number of rotatable bonds is 6. The summed E-state index contributed by atoms with van der Waals surface area (Å²) in [4.78, 5) is 22.8. The van der Waals surface area contributed by atoms with Gasteiger partial charge in [-0.25, -0.2) is 9.97 Å². The van der Waals surface area contributed by atoms with Crippen LogP contribution in [0.4, 0.5) is 11.5 Å². The fraction of sp³-hybridized carbons (Fsp3) is 0.353. The highest BCUT2D eigenvalue weighted by atomic mass is 79.9. The molecule has 0 bridgehead atoms. The molecule has 2 N–H and O–H groups in total. The van der Waals surface area contributed by atoms with Crippen LogP contribution in [0, 0.1) is 13.8 Å². The monoisotopic (exact) mass is 391 g/mol. The minimum absolute atomic E-state index is 0.201. The molecule has 24 heavy (non-hydrogen) atoms. The van der Waals surface area contributed by atoms with Crippen LogP contribution in [0.25, 0.3) is 0 Å². The Labute approximate surface area is 150 Å². The molecule has 0 saturated heterocycles. The standard InChI is InChI=1S/C17H22BrN5O/c1-11-5-6-14(13(18)9-11)22-16-10-15(20-12(2)21-16)17(24)19-7-8-23(3)4/h5-6,9-10H,7-8H2,1-4H3,(H,19,24)(H,20,21,22). The lowest BCUT2D eigenvalue weighted by Crippen LogP contribution is -2.32. The molecule has 0 atom stereocenters. The van der Waals surface area contributed by atoms with Crippen molar-refractivity contribution in [2.75, 3.05) is 32.5 Å². The van der Waals surface area contributed by atoms with Gasteiger partial charge in [-0.3, -0.25) is 4.79 Å². The Hall–Kier alpha value is -1.99. The van der Waals surface area contributed by atoms with Crippen molar-refractivity contribution in [3.05, 3.63) is 45.8 Å². The van der Waals surface area contributed by atoms with Gasteiger partial charge in [0.05, 0.1) is 5.69 Å². The van der Waals surface area contributed by atoms with E-state index in [4.69, 9.17) is 0 Å². The fourth-order valence-electron chi connectivity index (χ4n) is 2.09. The number of amides is 1. The molecular weight excluding hydrogens is 370 g/mol. The second kappa shape index (κ2) is 8.21. The van der Waals surface area contributed by atoms with Crippen LogP contribution in [0.15, 0.2) is 28.7 Å². The molecule has 2 rings (SSSR count). The summed E-state index contributed by atoms with van der Waals surface area (Å²) >= 11 is 3.53. The van der Waals surface area contributed by atoms with Crippen LogP contribution in [-0.2, 0) is 0 Å². The van der Waals surface area contributed by atoms with Gasteiger partial charge in [0.25, 0.3) is 5.91 Å². The molecule has 0 radical (unpaired) electrons. The summed E-state index contributed by atoms with van der Waals surface area (Å²) in [5, 5.41) is 6.08. The summed E-state index contributed by atoms with van der Waals surface area (Å²) in [6.07, 6.45) is 0. The fourth-order valence-corrected chi connectivity index (χ4v) is 2.68. The van der Waals surface area contributed by atoms with Crippen molar-refractivity contribution in [3.8, 4) is 0 Å². The van der Waals surface area contributed by atoms with E-state index in [9.17, 15) is 4.79 Å². The lowest BCUT2D eigenvalue weighted by molar-refractivity contribution is 0.0945. The Balaban J connectivity index is 2.14. The van der Waals surface area contributed by atoms with E-state index in [0.29, 0.717) is 23.9 Å². The Kier molecular flexibility index (Phi) is 6.28. The maximum Gasteiger partial charge on any atom is 0.270 e. The quantitative estimate of drug-likeness (QED) is 0.791. The number of aromatic nitrogens is 2. The van der Waals surface area contributed by atoms with E-state index in [1.54, 1.807) is 13.0 Å². The van der Waals surface area contributed by atoms with Crippen LogP contribution < -0.4 is 10.6 Å². The first-order chi connectivity index (χ1) is 11.3. The van der Waals surface area contributed by atoms with Crippen LogP contribution in [0.3, 0.4) is 0 Å². The Bertz CT molecular complexity index is 733. The highest BCUT2D eigenvalue weighted by molar-refractivity contribution is 9.10. The Morgan fingerprint density at radius 3 is 2.62 bits per heavy atom. The third kappa shape index (κ3) is 5.28. The maximum absolute atomic E-state index is 12.2. The molecule has 6 nitrogen and oxygen atoms in total. The number of benzene rings is 1. The number of likely N-dealkylation sites (N-methyl/N-ethyl adjacent to an activating group) is 1. The molecule has 0 unspecified atom stereocenters. The first kappa shape index (κ1) is 18.4. The first-order valence-corrected chi connectivity index (χ1v) is 8.46. The molecular formula is C17H22BrN5O. The third-order valence-corrected chi connectivity index (χ3v) is 3.96. The number of carbonyl (C=O) groups excluding carboxylic acids is 1. The van der Waals surface area contributed by atoms with Gasteiger partial charge in [0.1, 0.15) is 17.3 Å². The van der Waals surface area contributed by atoms with E-state index in [1.807, 2.05) is 44.1 Å². The topological polar surface area (TPSA) is 70.2 Å². The van der Waals surface area contributed by atoms with Gasteiger partial charge in [0.15, 0.2) is 0 Å². The number of aryl methyl sites for hydroxylation is 2. The van der Waals surface area contributed by atoms with Gasteiger partial charge in [-0.05, 0) is 61.6 Å². The van der Waals surface area contributed by atoms with Crippen molar-refractivity contribution in [2.45, 2.75) is 13.8 Å². The summed E-state index contributed by atoms with van der Waals surface area (Å²) in [5.41, 5.74) is 2.40. The van der Waals surface area contributed by atoms with Gasteiger partial charge in [-0.2, -0.15) is 0 Å². The lowest BCUT2D eigenvalue weighted by Gasteiger charge is -2.12. The molecule has 7 heteroatoms. The average Bonchev–Trinajstić information content (AvgIpc) is 2.49. The second-order valence-electron chi connectivity index (χ2n) is 5.85. The summed E-state index contributed by atoms with van der Waals surface area (Å²) < 4.78 is 0.941. The van der Waals surface area contributed by atoms with Crippen LogP contribution >= 0.6 is 15.9 Å². The van der Waals surface area contributed by atoms with Crippen molar-refractivity contribution in [1.82, 2.24) is 20.2 Å². The largest absolute Gasteiger partial charge is 0.349 e. The highest BCUT2D eigenvalue weighted by Gasteiger charge is 2.11. The van der Waals surface area contributed by atoms with Crippen LogP contribution in [-0.4, -0.2) is 48.0 Å². The molecule has 128 valence electrons. The van der Waals surface area contributed by atoms with Gasteiger partial charge < -0.3 is 15.5 Å². The van der Waals surface area contributed by atoms with E-state index in [-0.39, 0.29) is 5.91 Å². The van der Waals surface area contributed by atoms with E-state index < -0.39 is 0 Å². The molecule has 1 aromatic carbocycles. The zero-order valence-corrected chi connectivity index (χ0v) is 15.9. The van der Waals surface area contributed by atoms with Gasteiger partial charge in [-0.15, -0.1) is 0 Å². The second-order valence-corrected chi connectivity index (χ2v) is 6.71. The zero-order chi connectivity index (χ0) is 17.7. The minimum Gasteiger partial charge on any atom is -0.349 e. The molecule has 0 saturated carbocycles. The van der Waals surface area contributed by atoms with Crippen molar-refractivity contribution >= 4 is 33.3 Å². The summed E-state index contributed by atoms with van der Waals surface area (Å²) in [5.74, 6) is 0.930. The van der Waals surface area contributed by atoms with Crippen molar-refractivity contribution in [1.29, 1.82) is 0 Å². The predicted octanol–water partition coefficient (Wildman–Crippen LogP) is 2.89. The molecule has 1 heterocycles. The Morgan fingerprint density at radius 1 is 1.21 bits per heavy atom. The highest BCUT2D eigenvalue weighted by Crippen LogP contribution is 2.26. The number of carbonyl (C=O) groups is 1. The third-order valence-electron chi connectivity index (χ3n) is 3.30. The molecule has 1 aromatic heterocycles. The minimum atomic E-state index is -0.201. The summed E-state index contributed by atoms with van der Waals surface area (Å²) in [6.45, 7) is 5.14. The van der Waals surface area contributed by atoms with Crippen molar-refractivity contribution in [3.63, 3.8) is 0 Å². The van der Waals surface area contributed by atoms with E-state index >= 15 is 0 Å². The number of hydrogen-bond acceptors (Lipinski definition) is 5. The normalized spacial score (nSPS) is 10.8. The van der Waals surface area contributed by atoms with E-state index in [1.165, 1.54) is 0 Å². The van der Waals surface area contributed by atoms with Crippen molar-refractivity contribution in [2.24, 2.45) is 0 Å². The predicted molar refractivity (Wildman–Crippen MR) is 99.8 cm³/mol. The molecule has 1 amide bonds. The number of anilines is 2. The van der Waals surface area contributed by atoms with Crippen molar-refractivity contribution < 1.29 is 4.79 Å². The molecule has 0 aliphatic heterocycles. The van der Waals surface area contributed by atoms with Crippen LogP contribution in [0.2, 0.25) is 0 Å². The van der Waals surface area contributed by atoms with E-state index in [2.05, 4.69) is 36.5 Å². The number of halogens is 1. The lowest BCUT2D eigenvalue weighted by atomic mass is 10.2. The van der Waals surface area contributed by atoms with Gasteiger partial charge in [0.2, 0.25) is 0 Å². The van der Waals surface area contributed by atoms with E-state index in [0.717, 1.165) is 22.3 Å². The number of nitrogens with zero attached hydrogens (tertiary/aromatic N) is 3. The maximum atomic E-state index is 12.2. The Morgan fingerprint density at radius 2 is 1.96 bits per heavy atom. The zero-order valence-electron chi connectivity index (χ0n) is 14.4. The summed E-state index contributed by atoms with van der Waals surface area (Å²) in [7, 11) is 3.92. The van der Waals surface area contributed by atoms with Gasteiger partial charge in [0, 0.05) is 23.6 Å². The molecule has 0 aliphatic carbocycles. The first-order valence-electron chi connectivity index (χ1n) is 7.67. The smallest absolute Gasteiger partial charge is 0.270 e. The van der Waals surface area contributed by atoms with Gasteiger partial charge >= 0.3 is 0 Å². The number of hydrogen-bond donors (Lipinski definition) is 2. The van der Waals surface area contributed by atoms with Crippen LogP contribution in [0.5, 0.6) is 0 Å². The summed E-state index contributed by atoms with van der Waals surface area (Å²) in [6, 6.07) is 7.65. The van der Waals surface area contributed by atoms with Gasteiger partial charge in [-0.1, -0.05) is 6.07 Å².